The number of nitrogens with zero attached hydrogens (tertiary/aromatic N) is 4. The lowest BCUT2D eigenvalue weighted by atomic mass is 10.0. The Morgan fingerprint density at radius 2 is 1.95 bits per heavy atom. The summed E-state index contributed by atoms with van der Waals surface area (Å²) in [5.74, 6) is -0.699. The highest BCUT2D eigenvalue weighted by Crippen LogP contribution is 2.29. The number of carbonyl (C=O) groups is 3. The second-order valence-corrected chi connectivity index (χ2v) is 9.74. The van der Waals surface area contributed by atoms with Crippen LogP contribution in [0.3, 0.4) is 0 Å². The van der Waals surface area contributed by atoms with Gasteiger partial charge in [-0.25, -0.2) is 4.98 Å². The van der Waals surface area contributed by atoms with Crippen LogP contribution in [0.4, 0.5) is 11.5 Å². The fourth-order valence-corrected chi connectivity index (χ4v) is 4.73. The number of benzene rings is 2. The second kappa shape index (κ2) is 11.4. The Hall–Kier alpha value is -5.07. The first-order valence-electron chi connectivity index (χ1n) is 12.4. The smallest absolute Gasteiger partial charge is 0.257 e. The van der Waals surface area contributed by atoms with Crippen LogP contribution in [0.25, 0.3) is 0 Å². The molecule has 0 radical (unpaired) electrons. The molecule has 10 heteroatoms. The number of aromatic nitrogens is 2. The van der Waals surface area contributed by atoms with Crippen LogP contribution in [-0.2, 0) is 17.8 Å². The molecule has 0 aliphatic carbocycles. The van der Waals surface area contributed by atoms with Crippen LogP contribution in [0.2, 0.25) is 5.02 Å². The molecule has 0 fully saturated rings. The van der Waals surface area contributed by atoms with Gasteiger partial charge in [-0.3, -0.25) is 19.4 Å². The first kappa shape index (κ1) is 26.5. The Balaban J connectivity index is 1.43. The third kappa shape index (κ3) is 5.67. The maximum absolute atomic E-state index is 13.8. The van der Waals surface area contributed by atoms with Gasteiger partial charge < -0.3 is 15.5 Å². The number of hydrogen-bond donors (Lipinski definition) is 2. The Kier molecular flexibility index (Phi) is 7.53. The average Bonchev–Trinajstić information content (AvgIpc) is 3.03. The molecular formula is C30H23ClN6O3. The first-order valence-corrected chi connectivity index (χ1v) is 12.8. The van der Waals surface area contributed by atoms with Crippen LogP contribution >= 0.6 is 11.6 Å². The zero-order valence-corrected chi connectivity index (χ0v) is 22.1. The van der Waals surface area contributed by atoms with E-state index in [1.807, 2.05) is 24.3 Å². The molecule has 1 aliphatic rings. The summed E-state index contributed by atoms with van der Waals surface area (Å²) in [7, 11) is 0. The molecule has 1 aliphatic heterocycles. The Bertz CT molecular complexity index is 1650. The SMILES string of the molecule is Cc1cc(CN2C(=O)c3ccc(Cl)cc3NC(=O)[C@H]2Cc2ccccn2)ccc1C(=O)Nc1ccc(C#N)cn1. The minimum Gasteiger partial charge on any atom is -0.323 e. The largest absolute Gasteiger partial charge is 0.323 e. The van der Waals surface area contributed by atoms with Crippen LogP contribution in [0.15, 0.2) is 79.1 Å². The average molecular weight is 551 g/mol. The molecule has 1 atom stereocenters. The normalized spacial score (nSPS) is 14.5. The van der Waals surface area contributed by atoms with Crippen molar-refractivity contribution >= 4 is 40.8 Å². The number of hydrogen-bond acceptors (Lipinski definition) is 6. The predicted octanol–water partition coefficient (Wildman–Crippen LogP) is 4.77. The van der Waals surface area contributed by atoms with Gasteiger partial charge in [0.05, 0.1) is 16.8 Å². The van der Waals surface area contributed by atoms with Crippen LogP contribution < -0.4 is 10.6 Å². The van der Waals surface area contributed by atoms with Gasteiger partial charge in [-0.1, -0.05) is 29.8 Å². The number of anilines is 2. The van der Waals surface area contributed by atoms with E-state index in [9.17, 15) is 14.4 Å². The van der Waals surface area contributed by atoms with Crippen molar-refractivity contribution in [2.24, 2.45) is 0 Å². The standard InChI is InChI=1S/C30H23ClN6O3/c1-18-12-19(5-8-23(18)28(38)36-27-10-6-20(15-32)16-34-27)17-37-26(14-22-4-2-3-11-33-22)29(39)35-25-13-21(31)7-9-24(25)30(37)40/h2-13,16,26H,14,17H2,1H3,(H,35,39)(H,34,36,38)/t26-/m1/s1. The summed E-state index contributed by atoms with van der Waals surface area (Å²) in [6.07, 6.45) is 3.25. The third-order valence-electron chi connectivity index (χ3n) is 6.56. The summed E-state index contributed by atoms with van der Waals surface area (Å²) >= 11 is 6.14. The highest BCUT2D eigenvalue weighted by molar-refractivity contribution is 6.31. The number of amides is 3. The zero-order chi connectivity index (χ0) is 28.2. The second-order valence-electron chi connectivity index (χ2n) is 9.30. The maximum Gasteiger partial charge on any atom is 0.257 e. The summed E-state index contributed by atoms with van der Waals surface area (Å²) in [6, 6.07) is 19.7. The monoisotopic (exact) mass is 550 g/mol. The minimum absolute atomic E-state index is 0.131. The van der Waals surface area contributed by atoms with Gasteiger partial charge in [0.1, 0.15) is 17.9 Å². The quantitative estimate of drug-likeness (QED) is 0.356. The number of fused-ring (bicyclic) bond motifs is 1. The summed E-state index contributed by atoms with van der Waals surface area (Å²) < 4.78 is 0. The molecule has 198 valence electrons. The van der Waals surface area contributed by atoms with Crippen molar-refractivity contribution in [2.75, 3.05) is 10.6 Å². The van der Waals surface area contributed by atoms with Gasteiger partial charge in [0.15, 0.2) is 0 Å². The Labute approximate surface area is 235 Å². The number of rotatable bonds is 6. The number of aryl methyl sites for hydroxylation is 1. The van der Waals surface area contributed by atoms with Crippen molar-refractivity contribution in [2.45, 2.75) is 25.9 Å². The maximum atomic E-state index is 13.8. The Morgan fingerprint density at radius 1 is 1.10 bits per heavy atom. The number of pyridine rings is 2. The van der Waals surface area contributed by atoms with Crippen molar-refractivity contribution < 1.29 is 14.4 Å². The lowest BCUT2D eigenvalue weighted by molar-refractivity contribution is -0.120. The number of halogens is 1. The third-order valence-corrected chi connectivity index (χ3v) is 6.80. The van der Waals surface area contributed by atoms with Gasteiger partial charge in [-0.15, -0.1) is 0 Å². The van der Waals surface area contributed by atoms with Crippen LogP contribution in [0.1, 0.15) is 43.1 Å². The molecule has 3 heterocycles. The highest BCUT2D eigenvalue weighted by Gasteiger charge is 2.36. The van der Waals surface area contributed by atoms with E-state index in [1.54, 1.807) is 61.7 Å². The molecule has 0 unspecified atom stereocenters. The van der Waals surface area contributed by atoms with E-state index in [1.165, 1.54) is 11.1 Å². The zero-order valence-electron chi connectivity index (χ0n) is 21.4. The number of nitriles is 1. The molecular weight excluding hydrogens is 528 g/mol. The summed E-state index contributed by atoms with van der Waals surface area (Å²) in [5.41, 5.74) is 3.62. The van der Waals surface area contributed by atoms with Gasteiger partial charge in [-0.2, -0.15) is 5.26 Å². The molecule has 0 saturated carbocycles. The fourth-order valence-electron chi connectivity index (χ4n) is 4.56. The van der Waals surface area contributed by atoms with Crippen molar-refractivity contribution in [1.82, 2.24) is 14.9 Å². The molecule has 0 bridgehead atoms. The number of carbonyl (C=O) groups excluding carboxylic acids is 3. The summed E-state index contributed by atoms with van der Waals surface area (Å²) in [4.78, 5) is 50.1. The molecule has 40 heavy (non-hydrogen) atoms. The lowest BCUT2D eigenvalue weighted by Gasteiger charge is -2.29. The topological polar surface area (TPSA) is 128 Å². The summed E-state index contributed by atoms with van der Waals surface area (Å²) in [5, 5.41) is 14.9. The van der Waals surface area contributed by atoms with E-state index >= 15 is 0 Å². The van der Waals surface area contributed by atoms with Gasteiger partial charge in [-0.05, 0) is 66.6 Å². The fraction of sp³-hybridized carbons (Fsp3) is 0.133. The van der Waals surface area contributed by atoms with Crippen LogP contribution in [-0.4, -0.2) is 38.6 Å². The molecule has 0 saturated heterocycles. The molecule has 5 rings (SSSR count). The van der Waals surface area contributed by atoms with E-state index in [-0.39, 0.29) is 30.7 Å². The van der Waals surface area contributed by atoms with Gasteiger partial charge >= 0.3 is 0 Å². The van der Waals surface area contributed by atoms with E-state index in [0.29, 0.717) is 44.5 Å². The Morgan fingerprint density at radius 3 is 2.65 bits per heavy atom. The molecule has 4 aromatic rings. The van der Waals surface area contributed by atoms with Gasteiger partial charge in [0.2, 0.25) is 5.91 Å². The summed E-state index contributed by atoms with van der Waals surface area (Å²) in [6.45, 7) is 1.93. The highest BCUT2D eigenvalue weighted by atomic mass is 35.5. The van der Waals surface area contributed by atoms with Crippen molar-refractivity contribution in [3.05, 3.63) is 118 Å². The van der Waals surface area contributed by atoms with Crippen molar-refractivity contribution in [3.63, 3.8) is 0 Å². The molecule has 2 N–H and O–H groups in total. The number of nitrogens with one attached hydrogen (secondary N) is 2. The van der Waals surface area contributed by atoms with Crippen molar-refractivity contribution in [3.8, 4) is 6.07 Å². The molecule has 2 aromatic heterocycles. The van der Waals surface area contributed by atoms with Crippen molar-refractivity contribution in [1.29, 1.82) is 5.26 Å². The van der Waals surface area contributed by atoms with Crippen LogP contribution in [0.5, 0.6) is 0 Å². The van der Waals surface area contributed by atoms with E-state index in [4.69, 9.17) is 16.9 Å². The minimum atomic E-state index is -0.834. The van der Waals surface area contributed by atoms with E-state index in [2.05, 4.69) is 20.6 Å². The molecule has 0 spiro atoms. The first-order chi connectivity index (χ1) is 19.3. The lowest BCUT2D eigenvalue weighted by Crippen LogP contribution is -2.46. The molecule has 3 amide bonds. The molecule has 2 aromatic carbocycles. The van der Waals surface area contributed by atoms with Crippen LogP contribution in [0, 0.1) is 18.3 Å². The van der Waals surface area contributed by atoms with E-state index < -0.39 is 6.04 Å². The van der Waals surface area contributed by atoms with Gasteiger partial charge in [0.25, 0.3) is 11.8 Å². The van der Waals surface area contributed by atoms with Gasteiger partial charge in [0, 0.05) is 41.6 Å². The molecule has 9 nitrogen and oxygen atoms in total. The van der Waals surface area contributed by atoms with E-state index in [0.717, 1.165) is 5.56 Å². The predicted molar refractivity (Wildman–Crippen MR) is 150 cm³/mol.